The molecule has 1 nitrogen and oxygen atoms in total. The third-order valence-electron chi connectivity index (χ3n) is 3.58. The highest BCUT2D eigenvalue weighted by Crippen LogP contribution is 2.31. The molecule has 0 radical (unpaired) electrons. The lowest BCUT2D eigenvalue weighted by molar-refractivity contribution is 0.592. The van der Waals surface area contributed by atoms with Crippen LogP contribution in [-0.4, -0.2) is 0 Å². The van der Waals surface area contributed by atoms with Gasteiger partial charge in [-0.15, -0.1) is 0 Å². The van der Waals surface area contributed by atoms with Gasteiger partial charge in [-0.1, -0.05) is 62.6 Å². The van der Waals surface area contributed by atoms with Gasteiger partial charge in [0.1, 0.15) is 5.82 Å². The summed E-state index contributed by atoms with van der Waals surface area (Å²) in [7, 11) is 0. The fourth-order valence-corrected chi connectivity index (χ4v) is 2.87. The molecule has 2 aromatic rings. The van der Waals surface area contributed by atoms with Gasteiger partial charge < -0.3 is 5.32 Å². The molecule has 0 saturated heterocycles. The Morgan fingerprint density at radius 1 is 1.05 bits per heavy atom. The number of hydrogen-bond donors (Lipinski definition) is 1. The van der Waals surface area contributed by atoms with Crippen molar-refractivity contribution in [3.05, 3.63) is 64.4 Å². The van der Waals surface area contributed by atoms with Crippen LogP contribution in [0.2, 0.25) is 0 Å². The van der Waals surface area contributed by atoms with Gasteiger partial charge in [0.15, 0.2) is 0 Å². The van der Waals surface area contributed by atoms with Crippen molar-refractivity contribution in [1.29, 1.82) is 0 Å². The minimum absolute atomic E-state index is 0.131. The molecule has 0 saturated carbocycles. The number of anilines is 1. The molecule has 0 amide bonds. The number of benzene rings is 2. The molecule has 1 unspecified atom stereocenters. The van der Waals surface area contributed by atoms with E-state index in [2.05, 4.69) is 40.3 Å². The van der Waals surface area contributed by atoms with Crippen LogP contribution < -0.4 is 5.32 Å². The lowest BCUT2D eigenvalue weighted by Gasteiger charge is -2.21. The van der Waals surface area contributed by atoms with Crippen LogP contribution in [0.15, 0.2) is 53.0 Å². The second-order valence-electron chi connectivity index (χ2n) is 5.20. The van der Waals surface area contributed by atoms with E-state index in [4.69, 9.17) is 0 Å². The van der Waals surface area contributed by atoms with Crippen LogP contribution in [0.1, 0.15) is 44.2 Å². The van der Waals surface area contributed by atoms with Gasteiger partial charge in [-0.25, -0.2) is 4.39 Å². The molecule has 0 aliphatic heterocycles. The van der Waals surface area contributed by atoms with Gasteiger partial charge in [-0.2, -0.15) is 0 Å². The standard InChI is InChI=1S/C18H21BrFN/c1-2-3-5-13-17(14-9-6-4-7-10-14)21-18-15(19)11-8-12-16(18)20/h4,6-12,17,21H,2-3,5,13H2,1H3. The molecule has 0 heterocycles. The quantitative estimate of drug-likeness (QED) is 0.576. The SMILES string of the molecule is CCCCCC(Nc1c(F)cccc1Br)c1ccccc1. The average Bonchev–Trinajstić information content (AvgIpc) is 2.50. The Balaban J connectivity index is 2.19. The number of rotatable bonds is 7. The Morgan fingerprint density at radius 3 is 2.48 bits per heavy atom. The van der Waals surface area contributed by atoms with Crippen molar-refractivity contribution >= 4 is 21.6 Å². The Morgan fingerprint density at radius 2 is 1.81 bits per heavy atom. The maximum absolute atomic E-state index is 14.0. The summed E-state index contributed by atoms with van der Waals surface area (Å²) in [6, 6.07) is 15.4. The largest absolute Gasteiger partial charge is 0.375 e. The van der Waals surface area contributed by atoms with Crippen LogP contribution in [0.4, 0.5) is 10.1 Å². The van der Waals surface area contributed by atoms with Crippen LogP contribution in [0.3, 0.4) is 0 Å². The normalized spacial score (nSPS) is 12.1. The monoisotopic (exact) mass is 349 g/mol. The first kappa shape index (κ1) is 16.0. The van der Waals surface area contributed by atoms with Crippen molar-refractivity contribution < 1.29 is 4.39 Å². The van der Waals surface area contributed by atoms with E-state index in [9.17, 15) is 4.39 Å². The minimum atomic E-state index is -0.221. The van der Waals surface area contributed by atoms with Crippen LogP contribution >= 0.6 is 15.9 Å². The molecule has 0 fully saturated rings. The van der Waals surface area contributed by atoms with Crippen molar-refractivity contribution in [2.24, 2.45) is 0 Å². The smallest absolute Gasteiger partial charge is 0.147 e. The predicted molar refractivity (Wildman–Crippen MR) is 91.0 cm³/mol. The Labute approximate surface area is 134 Å². The van der Waals surface area contributed by atoms with Crippen molar-refractivity contribution in [1.82, 2.24) is 0 Å². The van der Waals surface area contributed by atoms with Gasteiger partial charge >= 0.3 is 0 Å². The Hall–Kier alpha value is -1.35. The summed E-state index contributed by atoms with van der Waals surface area (Å²) >= 11 is 3.43. The van der Waals surface area contributed by atoms with E-state index in [0.717, 1.165) is 17.3 Å². The van der Waals surface area contributed by atoms with Crippen molar-refractivity contribution in [3.8, 4) is 0 Å². The van der Waals surface area contributed by atoms with Gasteiger partial charge in [0.05, 0.1) is 11.7 Å². The molecular weight excluding hydrogens is 329 g/mol. The first-order valence-electron chi connectivity index (χ1n) is 7.48. The van der Waals surface area contributed by atoms with E-state index in [1.807, 2.05) is 24.3 Å². The molecule has 0 aliphatic rings. The second-order valence-corrected chi connectivity index (χ2v) is 6.05. The van der Waals surface area contributed by atoms with E-state index >= 15 is 0 Å². The van der Waals surface area contributed by atoms with E-state index in [-0.39, 0.29) is 11.9 Å². The van der Waals surface area contributed by atoms with Gasteiger partial charge in [-0.05, 0) is 40.0 Å². The molecule has 0 aromatic heterocycles. The summed E-state index contributed by atoms with van der Waals surface area (Å²) in [6.07, 6.45) is 4.52. The van der Waals surface area contributed by atoms with Crippen LogP contribution in [0, 0.1) is 5.82 Å². The summed E-state index contributed by atoms with van der Waals surface area (Å²) in [4.78, 5) is 0. The molecule has 0 bridgehead atoms. The number of hydrogen-bond acceptors (Lipinski definition) is 1. The van der Waals surface area contributed by atoms with E-state index in [1.165, 1.54) is 24.5 Å². The molecule has 21 heavy (non-hydrogen) atoms. The zero-order valence-electron chi connectivity index (χ0n) is 12.3. The number of para-hydroxylation sites is 1. The summed E-state index contributed by atoms with van der Waals surface area (Å²) in [6.45, 7) is 2.19. The zero-order valence-corrected chi connectivity index (χ0v) is 13.9. The minimum Gasteiger partial charge on any atom is -0.375 e. The van der Waals surface area contributed by atoms with E-state index in [1.54, 1.807) is 6.07 Å². The van der Waals surface area contributed by atoms with Gasteiger partial charge in [0.2, 0.25) is 0 Å². The fraction of sp³-hybridized carbons (Fsp3) is 0.333. The third kappa shape index (κ3) is 4.57. The van der Waals surface area contributed by atoms with Gasteiger partial charge in [-0.3, -0.25) is 0 Å². The van der Waals surface area contributed by atoms with E-state index < -0.39 is 0 Å². The highest BCUT2D eigenvalue weighted by atomic mass is 79.9. The molecule has 0 spiro atoms. The third-order valence-corrected chi connectivity index (χ3v) is 4.24. The van der Waals surface area contributed by atoms with Gasteiger partial charge in [0.25, 0.3) is 0 Å². The highest BCUT2D eigenvalue weighted by molar-refractivity contribution is 9.10. The molecule has 2 rings (SSSR count). The lowest BCUT2D eigenvalue weighted by Crippen LogP contribution is -2.12. The molecular formula is C18H21BrFN. The molecule has 1 atom stereocenters. The Bertz CT molecular complexity index is 536. The number of halogens is 2. The molecule has 2 aromatic carbocycles. The summed E-state index contributed by atoms with van der Waals surface area (Å²) in [5.41, 5.74) is 1.74. The van der Waals surface area contributed by atoms with Crippen molar-refractivity contribution in [2.45, 2.75) is 38.6 Å². The average molecular weight is 350 g/mol. The van der Waals surface area contributed by atoms with Crippen LogP contribution in [0.5, 0.6) is 0 Å². The first-order chi connectivity index (χ1) is 10.2. The second kappa shape index (κ2) is 8.18. The summed E-state index contributed by atoms with van der Waals surface area (Å²) in [5.74, 6) is -0.221. The first-order valence-corrected chi connectivity index (χ1v) is 8.27. The topological polar surface area (TPSA) is 12.0 Å². The van der Waals surface area contributed by atoms with Gasteiger partial charge in [0, 0.05) is 4.47 Å². The molecule has 0 aliphatic carbocycles. The predicted octanol–water partition coefficient (Wildman–Crippen LogP) is 6.32. The van der Waals surface area contributed by atoms with Crippen molar-refractivity contribution in [3.63, 3.8) is 0 Å². The lowest BCUT2D eigenvalue weighted by atomic mass is 10.00. The summed E-state index contributed by atoms with van der Waals surface area (Å²) < 4.78 is 14.8. The maximum atomic E-state index is 14.0. The molecule has 112 valence electrons. The molecule has 1 N–H and O–H groups in total. The van der Waals surface area contributed by atoms with E-state index in [0.29, 0.717) is 5.69 Å². The maximum Gasteiger partial charge on any atom is 0.147 e. The zero-order chi connectivity index (χ0) is 15.1. The fourth-order valence-electron chi connectivity index (χ4n) is 2.42. The number of nitrogens with one attached hydrogen (secondary N) is 1. The van der Waals surface area contributed by atoms with Crippen LogP contribution in [0.25, 0.3) is 0 Å². The molecule has 3 heteroatoms. The van der Waals surface area contributed by atoms with Crippen molar-refractivity contribution in [2.75, 3.05) is 5.32 Å². The summed E-state index contributed by atoms with van der Waals surface area (Å²) in [5, 5.41) is 3.37. The highest BCUT2D eigenvalue weighted by Gasteiger charge is 2.14. The van der Waals surface area contributed by atoms with Crippen LogP contribution in [-0.2, 0) is 0 Å². The number of unbranched alkanes of at least 4 members (excludes halogenated alkanes) is 2. The Kier molecular flexibility index (Phi) is 6.24.